The molecule has 0 heterocycles. The van der Waals surface area contributed by atoms with Crippen LogP contribution in [0, 0.1) is 5.41 Å². The van der Waals surface area contributed by atoms with Gasteiger partial charge in [0.2, 0.25) is 5.91 Å². The minimum Gasteiger partial charge on any atom is -0.325 e. The van der Waals surface area contributed by atoms with E-state index in [0.717, 1.165) is 18.8 Å². The predicted octanol–water partition coefficient (Wildman–Crippen LogP) is 2.19. The summed E-state index contributed by atoms with van der Waals surface area (Å²) in [4.78, 5) is 14.2. The van der Waals surface area contributed by atoms with Gasteiger partial charge in [-0.25, -0.2) is 0 Å². The quantitative estimate of drug-likeness (QED) is 0.803. The van der Waals surface area contributed by atoms with Crippen molar-refractivity contribution in [3.63, 3.8) is 0 Å². The van der Waals surface area contributed by atoms with Crippen LogP contribution in [0.5, 0.6) is 0 Å². The molecule has 20 heavy (non-hydrogen) atoms. The van der Waals surface area contributed by atoms with E-state index >= 15 is 0 Å². The van der Waals surface area contributed by atoms with Crippen molar-refractivity contribution in [3.8, 4) is 0 Å². The summed E-state index contributed by atoms with van der Waals surface area (Å²) >= 11 is 0. The molecule has 0 fully saturated rings. The van der Waals surface area contributed by atoms with Crippen molar-refractivity contribution in [1.82, 2.24) is 10.2 Å². The highest BCUT2D eigenvalue weighted by Crippen LogP contribution is 2.14. The fourth-order valence-corrected chi connectivity index (χ4v) is 2.21. The summed E-state index contributed by atoms with van der Waals surface area (Å²) in [6.07, 6.45) is 0. The van der Waals surface area contributed by atoms with E-state index in [9.17, 15) is 4.79 Å². The van der Waals surface area contributed by atoms with Crippen molar-refractivity contribution in [2.24, 2.45) is 5.41 Å². The van der Waals surface area contributed by atoms with Crippen LogP contribution >= 0.6 is 0 Å². The van der Waals surface area contributed by atoms with Gasteiger partial charge < -0.3 is 15.5 Å². The van der Waals surface area contributed by atoms with Gasteiger partial charge in [-0.05, 0) is 38.6 Å². The summed E-state index contributed by atoms with van der Waals surface area (Å²) in [5.41, 5.74) is 0.962. The van der Waals surface area contributed by atoms with E-state index in [0.29, 0.717) is 0 Å². The first-order chi connectivity index (χ1) is 9.30. The van der Waals surface area contributed by atoms with Gasteiger partial charge in [0.05, 0.1) is 6.04 Å². The third-order valence-electron chi connectivity index (χ3n) is 3.07. The first-order valence-corrected chi connectivity index (χ1v) is 7.04. The van der Waals surface area contributed by atoms with E-state index in [1.807, 2.05) is 37.3 Å². The molecule has 0 unspecified atom stereocenters. The Balaban J connectivity index is 2.42. The molecule has 0 saturated heterocycles. The molecule has 0 radical (unpaired) electrons. The highest BCUT2D eigenvalue weighted by molar-refractivity contribution is 5.94. The van der Waals surface area contributed by atoms with Crippen molar-refractivity contribution in [2.75, 3.05) is 32.5 Å². The molecule has 1 aromatic rings. The lowest BCUT2D eigenvalue weighted by atomic mass is 9.92. The Labute approximate surface area is 122 Å². The lowest BCUT2D eigenvalue weighted by molar-refractivity contribution is -0.117. The lowest BCUT2D eigenvalue weighted by Crippen LogP contribution is -2.45. The van der Waals surface area contributed by atoms with Gasteiger partial charge in [0.1, 0.15) is 0 Å². The van der Waals surface area contributed by atoms with Crippen LogP contribution in [0.1, 0.15) is 20.8 Å². The SMILES string of the molecule is C[C@@H](NCC(C)(C)CN(C)C)C(=O)Nc1ccccc1. The molecule has 0 aliphatic rings. The molecule has 112 valence electrons. The Kier molecular flexibility index (Phi) is 6.17. The normalized spacial score (nSPS) is 13.3. The molecular weight excluding hydrogens is 250 g/mol. The van der Waals surface area contributed by atoms with Gasteiger partial charge >= 0.3 is 0 Å². The fourth-order valence-electron chi connectivity index (χ4n) is 2.21. The van der Waals surface area contributed by atoms with Crippen LogP contribution < -0.4 is 10.6 Å². The summed E-state index contributed by atoms with van der Waals surface area (Å²) in [6, 6.07) is 9.32. The maximum absolute atomic E-state index is 12.1. The summed E-state index contributed by atoms with van der Waals surface area (Å²) in [5, 5.41) is 6.22. The number of benzene rings is 1. The first kappa shape index (κ1) is 16.7. The first-order valence-electron chi connectivity index (χ1n) is 7.04. The van der Waals surface area contributed by atoms with Crippen molar-refractivity contribution in [2.45, 2.75) is 26.8 Å². The van der Waals surface area contributed by atoms with Crippen molar-refractivity contribution in [1.29, 1.82) is 0 Å². The molecular formula is C16H27N3O. The molecule has 1 rings (SSSR count). The Morgan fingerprint density at radius 2 is 1.85 bits per heavy atom. The van der Waals surface area contributed by atoms with E-state index in [1.165, 1.54) is 0 Å². The summed E-state index contributed by atoms with van der Waals surface area (Å²) in [7, 11) is 4.13. The monoisotopic (exact) mass is 277 g/mol. The molecule has 0 aliphatic carbocycles. The minimum absolute atomic E-state index is 0.00291. The number of carbonyl (C=O) groups is 1. The van der Waals surface area contributed by atoms with Gasteiger partial charge in [-0.1, -0.05) is 32.0 Å². The second-order valence-corrected chi connectivity index (χ2v) is 6.36. The largest absolute Gasteiger partial charge is 0.325 e. The van der Waals surface area contributed by atoms with Crippen molar-refractivity contribution < 1.29 is 4.79 Å². The highest BCUT2D eigenvalue weighted by atomic mass is 16.2. The van der Waals surface area contributed by atoms with Gasteiger partial charge in [0.15, 0.2) is 0 Å². The van der Waals surface area contributed by atoms with E-state index in [-0.39, 0.29) is 17.4 Å². The number of nitrogens with zero attached hydrogens (tertiary/aromatic N) is 1. The predicted molar refractivity (Wildman–Crippen MR) is 84.9 cm³/mol. The molecule has 2 N–H and O–H groups in total. The smallest absolute Gasteiger partial charge is 0.241 e. The zero-order valence-electron chi connectivity index (χ0n) is 13.2. The molecule has 4 nitrogen and oxygen atoms in total. The van der Waals surface area contributed by atoms with E-state index in [2.05, 4.69) is 43.5 Å². The number of anilines is 1. The third-order valence-corrected chi connectivity index (χ3v) is 3.07. The lowest BCUT2D eigenvalue weighted by Gasteiger charge is -2.29. The van der Waals surface area contributed by atoms with E-state index in [1.54, 1.807) is 0 Å². The van der Waals surface area contributed by atoms with Crippen molar-refractivity contribution >= 4 is 11.6 Å². The Bertz CT molecular complexity index is 415. The Morgan fingerprint density at radius 1 is 1.25 bits per heavy atom. The number of carbonyl (C=O) groups excluding carboxylic acids is 1. The Morgan fingerprint density at radius 3 is 2.40 bits per heavy atom. The topological polar surface area (TPSA) is 44.4 Å². The van der Waals surface area contributed by atoms with Gasteiger partial charge in [-0.2, -0.15) is 0 Å². The maximum atomic E-state index is 12.1. The zero-order valence-corrected chi connectivity index (χ0v) is 13.2. The van der Waals surface area contributed by atoms with Crippen LogP contribution in [0.2, 0.25) is 0 Å². The van der Waals surface area contributed by atoms with Gasteiger partial charge in [0.25, 0.3) is 0 Å². The third kappa shape index (κ3) is 6.17. The molecule has 4 heteroatoms. The number of rotatable bonds is 7. The van der Waals surface area contributed by atoms with Crippen LogP contribution in [0.4, 0.5) is 5.69 Å². The second-order valence-electron chi connectivity index (χ2n) is 6.36. The van der Waals surface area contributed by atoms with E-state index < -0.39 is 0 Å². The number of amides is 1. The summed E-state index contributed by atoms with van der Waals surface area (Å²) in [5.74, 6) is -0.00291. The Hall–Kier alpha value is -1.39. The number of hydrogen-bond donors (Lipinski definition) is 2. The molecule has 1 amide bonds. The highest BCUT2D eigenvalue weighted by Gasteiger charge is 2.21. The average Bonchev–Trinajstić information content (AvgIpc) is 2.35. The molecule has 0 bridgehead atoms. The minimum atomic E-state index is -0.211. The number of hydrogen-bond acceptors (Lipinski definition) is 3. The van der Waals surface area contributed by atoms with Crippen LogP contribution in [-0.4, -0.2) is 44.0 Å². The van der Waals surface area contributed by atoms with Gasteiger partial charge in [-0.15, -0.1) is 0 Å². The van der Waals surface area contributed by atoms with Crippen LogP contribution in [0.25, 0.3) is 0 Å². The second kappa shape index (κ2) is 7.41. The summed E-state index contributed by atoms with van der Waals surface area (Å²) in [6.45, 7) is 8.06. The molecule has 1 atom stereocenters. The van der Waals surface area contributed by atoms with Crippen LogP contribution in [-0.2, 0) is 4.79 Å². The van der Waals surface area contributed by atoms with Crippen molar-refractivity contribution in [3.05, 3.63) is 30.3 Å². The fraction of sp³-hybridized carbons (Fsp3) is 0.562. The molecule has 0 aliphatic heterocycles. The molecule has 0 aromatic heterocycles. The average molecular weight is 277 g/mol. The molecule has 0 saturated carbocycles. The zero-order chi connectivity index (χ0) is 15.2. The maximum Gasteiger partial charge on any atom is 0.241 e. The molecule has 0 spiro atoms. The standard InChI is InChI=1S/C16H27N3O/c1-13(17-11-16(2,3)12-19(4)5)15(20)18-14-9-7-6-8-10-14/h6-10,13,17H,11-12H2,1-5H3,(H,18,20)/t13-/m1/s1. The van der Waals surface area contributed by atoms with E-state index in [4.69, 9.17) is 0 Å². The molecule has 1 aromatic carbocycles. The van der Waals surface area contributed by atoms with Gasteiger partial charge in [-0.3, -0.25) is 4.79 Å². The van der Waals surface area contributed by atoms with Crippen LogP contribution in [0.3, 0.4) is 0 Å². The number of nitrogens with one attached hydrogen (secondary N) is 2. The van der Waals surface area contributed by atoms with Crippen LogP contribution in [0.15, 0.2) is 30.3 Å². The number of para-hydroxylation sites is 1. The van der Waals surface area contributed by atoms with Gasteiger partial charge in [0, 0.05) is 18.8 Å². The summed E-state index contributed by atoms with van der Waals surface area (Å²) < 4.78 is 0.